The Morgan fingerprint density at radius 3 is 2.82 bits per heavy atom. The van der Waals surface area contributed by atoms with Gasteiger partial charge in [0.2, 0.25) is 0 Å². The van der Waals surface area contributed by atoms with Gasteiger partial charge in [-0.3, -0.25) is 0 Å². The highest BCUT2D eigenvalue weighted by molar-refractivity contribution is 5.81. The zero-order valence-electron chi connectivity index (χ0n) is 10.3. The lowest BCUT2D eigenvalue weighted by Gasteiger charge is -2.12. The van der Waals surface area contributed by atoms with Crippen LogP contribution in [0.3, 0.4) is 0 Å². The minimum atomic E-state index is -0.323. The monoisotopic (exact) mass is 232 g/mol. The van der Waals surface area contributed by atoms with Crippen LogP contribution in [0.4, 0.5) is 0 Å². The van der Waals surface area contributed by atoms with Gasteiger partial charge in [-0.25, -0.2) is 4.79 Å². The number of fused-ring (bicyclic) bond motifs is 1. The van der Waals surface area contributed by atoms with Gasteiger partial charge >= 0.3 is 5.63 Å². The molecular formula is C14H16O3. The van der Waals surface area contributed by atoms with Crippen LogP contribution >= 0.6 is 0 Å². The van der Waals surface area contributed by atoms with E-state index in [-0.39, 0.29) is 11.7 Å². The van der Waals surface area contributed by atoms with Crippen LogP contribution in [0.2, 0.25) is 0 Å². The quantitative estimate of drug-likeness (QED) is 0.762. The van der Waals surface area contributed by atoms with Gasteiger partial charge < -0.3 is 9.15 Å². The van der Waals surface area contributed by atoms with Crippen LogP contribution in [0.15, 0.2) is 33.5 Å². The van der Waals surface area contributed by atoms with Gasteiger partial charge in [0, 0.05) is 17.5 Å². The van der Waals surface area contributed by atoms with Crippen molar-refractivity contribution in [3.8, 4) is 5.75 Å². The largest absolute Gasteiger partial charge is 0.491 e. The van der Waals surface area contributed by atoms with Crippen molar-refractivity contribution < 1.29 is 9.15 Å². The van der Waals surface area contributed by atoms with E-state index in [0.717, 1.165) is 23.1 Å². The maximum atomic E-state index is 11.3. The van der Waals surface area contributed by atoms with Gasteiger partial charge in [0.1, 0.15) is 11.3 Å². The molecule has 0 aliphatic heterocycles. The van der Waals surface area contributed by atoms with Gasteiger partial charge in [0.05, 0.1) is 6.10 Å². The van der Waals surface area contributed by atoms with Crippen molar-refractivity contribution in [1.29, 1.82) is 0 Å². The van der Waals surface area contributed by atoms with E-state index in [1.165, 1.54) is 6.07 Å². The van der Waals surface area contributed by atoms with E-state index in [1.807, 2.05) is 26.0 Å². The van der Waals surface area contributed by atoms with Crippen molar-refractivity contribution >= 4 is 11.0 Å². The average molecular weight is 232 g/mol. The number of hydrogen-bond donors (Lipinski definition) is 0. The molecule has 0 bridgehead atoms. The highest BCUT2D eigenvalue weighted by Crippen LogP contribution is 2.23. The van der Waals surface area contributed by atoms with Crippen molar-refractivity contribution in [3.05, 3.63) is 40.2 Å². The molecule has 1 unspecified atom stereocenters. The minimum absolute atomic E-state index is 0.156. The SMILES string of the molecule is CCC(C)Oc1ccc2c(C)cc(=O)oc2c1. The normalized spacial score (nSPS) is 12.6. The summed E-state index contributed by atoms with van der Waals surface area (Å²) in [6, 6.07) is 7.10. The summed E-state index contributed by atoms with van der Waals surface area (Å²) in [4.78, 5) is 11.3. The fourth-order valence-electron chi connectivity index (χ4n) is 1.69. The number of hydrogen-bond acceptors (Lipinski definition) is 3. The Balaban J connectivity index is 2.46. The first kappa shape index (κ1) is 11.7. The maximum Gasteiger partial charge on any atom is 0.336 e. The molecule has 0 amide bonds. The van der Waals surface area contributed by atoms with Crippen molar-refractivity contribution in [3.63, 3.8) is 0 Å². The van der Waals surface area contributed by atoms with E-state index in [4.69, 9.17) is 9.15 Å². The maximum absolute atomic E-state index is 11.3. The third-order valence-electron chi connectivity index (χ3n) is 2.84. The summed E-state index contributed by atoms with van der Waals surface area (Å²) in [5.41, 5.74) is 1.18. The number of ether oxygens (including phenoxy) is 1. The molecular weight excluding hydrogens is 216 g/mol. The van der Waals surface area contributed by atoms with Crippen LogP contribution in [0.25, 0.3) is 11.0 Å². The van der Waals surface area contributed by atoms with Gasteiger partial charge in [-0.15, -0.1) is 0 Å². The van der Waals surface area contributed by atoms with E-state index in [1.54, 1.807) is 6.07 Å². The van der Waals surface area contributed by atoms with Crippen LogP contribution in [0, 0.1) is 6.92 Å². The molecule has 0 aliphatic carbocycles. The molecule has 0 saturated heterocycles. The first-order valence-electron chi connectivity index (χ1n) is 5.81. The summed E-state index contributed by atoms with van der Waals surface area (Å²) in [6.07, 6.45) is 1.10. The molecule has 3 nitrogen and oxygen atoms in total. The van der Waals surface area contributed by atoms with Crippen molar-refractivity contribution in [2.45, 2.75) is 33.3 Å². The predicted octanol–water partition coefficient (Wildman–Crippen LogP) is 3.28. The van der Waals surface area contributed by atoms with Crippen molar-refractivity contribution in [2.24, 2.45) is 0 Å². The minimum Gasteiger partial charge on any atom is -0.491 e. The summed E-state index contributed by atoms with van der Waals surface area (Å²) in [7, 11) is 0. The fraction of sp³-hybridized carbons (Fsp3) is 0.357. The highest BCUT2D eigenvalue weighted by atomic mass is 16.5. The van der Waals surface area contributed by atoms with Crippen LogP contribution in [0.1, 0.15) is 25.8 Å². The Labute approximate surface area is 100 Å². The first-order valence-corrected chi connectivity index (χ1v) is 5.81. The lowest BCUT2D eigenvalue weighted by Crippen LogP contribution is -2.09. The Bertz CT molecular complexity index is 584. The van der Waals surface area contributed by atoms with Crippen LogP contribution < -0.4 is 10.4 Å². The van der Waals surface area contributed by atoms with Gasteiger partial charge in [0.25, 0.3) is 0 Å². The van der Waals surface area contributed by atoms with Gasteiger partial charge in [-0.2, -0.15) is 0 Å². The summed E-state index contributed by atoms with van der Waals surface area (Å²) >= 11 is 0. The molecule has 3 heteroatoms. The van der Waals surface area contributed by atoms with E-state index < -0.39 is 0 Å². The number of aryl methyl sites for hydroxylation is 1. The van der Waals surface area contributed by atoms with Crippen molar-refractivity contribution in [1.82, 2.24) is 0 Å². The van der Waals surface area contributed by atoms with Gasteiger partial charge in [-0.1, -0.05) is 6.92 Å². The third kappa shape index (κ3) is 2.49. The third-order valence-corrected chi connectivity index (χ3v) is 2.84. The van der Waals surface area contributed by atoms with Gasteiger partial charge in [0.15, 0.2) is 0 Å². The van der Waals surface area contributed by atoms with E-state index in [2.05, 4.69) is 6.92 Å². The van der Waals surface area contributed by atoms with Crippen LogP contribution in [0.5, 0.6) is 5.75 Å². The van der Waals surface area contributed by atoms with E-state index in [9.17, 15) is 4.79 Å². The Morgan fingerprint density at radius 2 is 2.12 bits per heavy atom. The summed E-state index contributed by atoms with van der Waals surface area (Å²) < 4.78 is 10.9. The molecule has 0 N–H and O–H groups in total. The highest BCUT2D eigenvalue weighted by Gasteiger charge is 2.06. The van der Waals surface area contributed by atoms with Crippen molar-refractivity contribution in [2.75, 3.05) is 0 Å². The molecule has 90 valence electrons. The number of benzene rings is 1. The second-order valence-electron chi connectivity index (χ2n) is 4.24. The predicted molar refractivity (Wildman–Crippen MR) is 67.6 cm³/mol. The second-order valence-corrected chi connectivity index (χ2v) is 4.24. The van der Waals surface area contributed by atoms with Crippen LogP contribution in [-0.2, 0) is 0 Å². The standard InChI is InChI=1S/C14H16O3/c1-4-10(3)16-11-5-6-12-9(2)7-14(15)17-13(12)8-11/h5-8,10H,4H2,1-3H3. The Kier molecular flexibility index (Phi) is 3.18. The van der Waals surface area contributed by atoms with E-state index >= 15 is 0 Å². The zero-order valence-corrected chi connectivity index (χ0v) is 10.3. The lowest BCUT2D eigenvalue weighted by molar-refractivity contribution is 0.217. The molecule has 0 radical (unpaired) electrons. The zero-order chi connectivity index (χ0) is 12.4. The second kappa shape index (κ2) is 4.62. The lowest BCUT2D eigenvalue weighted by atomic mass is 10.1. The average Bonchev–Trinajstić information content (AvgIpc) is 2.28. The van der Waals surface area contributed by atoms with Crippen LogP contribution in [-0.4, -0.2) is 6.10 Å². The molecule has 2 aromatic rings. The Hall–Kier alpha value is -1.77. The molecule has 0 spiro atoms. The molecule has 0 fully saturated rings. The molecule has 1 heterocycles. The molecule has 2 rings (SSSR count). The molecule has 0 aliphatic rings. The first-order chi connectivity index (χ1) is 8.10. The fourth-order valence-corrected chi connectivity index (χ4v) is 1.69. The topological polar surface area (TPSA) is 39.4 Å². The summed E-state index contributed by atoms with van der Waals surface area (Å²) in [5.74, 6) is 0.737. The molecule has 0 saturated carbocycles. The molecule has 1 aromatic carbocycles. The van der Waals surface area contributed by atoms with E-state index in [0.29, 0.717) is 5.58 Å². The number of rotatable bonds is 3. The summed E-state index contributed by atoms with van der Waals surface area (Å²) in [6.45, 7) is 5.97. The Morgan fingerprint density at radius 1 is 1.35 bits per heavy atom. The van der Waals surface area contributed by atoms with Gasteiger partial charge in [-0.05, 0) is 38.0 Å². The smallest absolute Gasteiger partial charge is 0.336 e. The molecule has 1 aromatic heterocycles. The molecule has 17 heavy (non-hydrogen) atoms. The molecule has 1 atom stereocenters. The summed E-state index contributed by atoms with van der Waals surface area (Å²) in [5, 5.41) is 0.945.